The van der Waals surface area contributed by atoms with E-state index in [2.05, 4.69) is 17.1 Å². The normalized spacial score (nSPS) is 15.8. The largest absolute Gasteiger partial charge is 0.478 e. The van der Waals surface area contributed by atoms with Gasteiger partial charge in [0.25, 0.3) is 0 Å². The topological polar surface area (TPSA) is 72.9 Å². The molecule has 2 N–H and O–H groups in total. The first kappa shape index (κ1) is 15.3. The number of amides is 2. The van der Waals surface area contributed by atoms with Crippen LogP contribution in [0.1, 0.15) is 22.8 Å². The minimum atomic E-state index is -1.04. The smallest absolute Gasteiger partial charge is 0.337 e. The molecule has 0 radical (unpaired) electrons. The third kappa shape index (κ3) is 3.72. The number of hydrogen-bond acceptors (Lipinski definition) is 3. The number of hydrogen-bond donors (Lipinski definition) is 2. The summed E-state index contributed by atoms with van der Waals surface area (Å²) >= 11 is 0. The molecule has 0 aliphatic carbocycles. The molecule has 6 nitrogen and oxygen atoms in total. The van der Waals surface area contributed by atoms with Crippen molar-refractivity contribution in [3.05, 3.63) is 29.3 Å². The molecule has 1 aliphatic rings. The van der Waals surface area contributed by atoms with Crippen molar-refractivity contribution in [1.29, 1.82) is 0 Å². The maximum absolute atomic E-state index is 12.2. The number of likely N-dealkylation sites (N-methyl/N-ethyl adjacent to an activating group) is 1. The molecule has 1 aromatic rings. The summed E-state index contributed by atoms with van der Waals surface area (Å²) in [6, 6.07) is 4.75. The highest BCUT2D eigenvalue weighted by atomic mass is 16.4. The molecule has 1 heterocycles. The number of piperazine rings is 1. The lowest BCUT2D eigenvalue weighted by atomic mass is 10.1. The van der Waals surface area contributed by atoms with Crippen LogP contribution in [0.25, 0.3) is 0 Å². The lowest BCUT2D eigenvalue weighted by Crippen LogP contribution is -2.49. The van der Waals surface area contributed by atoms with Gasteiger partial charge in [0, 0.05) is 26.2 Å². The third-order valence-corrected chi connectivity index (χ3v) is 3.75. The molecular formula is C15H21N3O3. The van der Waals surface area contributed by atoms with E-state index in [1.807, 2.05) is 6.92 Å². The van der Waals surface area contributed by atoms with Crippen molar-refractivity contribution in [3.8, 4) is 0 Å². The van der Waals surface area contributed by atoms with E-state index in [1.165, 1.54) is 0 Å². The number of carboxylic acid groups (broad SMARTS) is 1. The van der Waals surface area contributed by atoms with Crippen molar-refractivity contribution in [3.63, 3.8) is 0 Å². The Morgan fingerprint density at radius 3 is 2.48 bits per heavy atom. The predicted molar refractivity (Wildman–Crippen MR) is 80.8 cm³/mol. The van der Waals surface area contributed by atoms with Gasteiger partial charge in [0.15, 0.2) is 0 Å². The van der Waals surface area contributed by atoms with Crippen LogP contribution in [-0.4, -0.2) is 59.6 Å². The summed E-state index contributed by atoms with van der Waals surface area (Å²) in [6.07, 6.45) is 0. The zero-order chi connectivity index (χ0) is 15.4. The van der Waals surface area contributed by atoms with Gasteiger partial charge in [0.1, 0.15) is 0 Å². The van der Waals surface area contributed by atoms with Crippen molar-refractivity contribution in [2.75, 3.05) is 38.0 Å². The van der Waals surface area contributed by atoms with Crippen LogP contribution < -0.4 is 5.32 Å². The first-order chi connectivity index (χ1) is 10.0. The number of anilines is 1. The average Bonchev–Trinajstić information content (AvgIpc) is 2.49. The van der Waals surface area contributed by atoms with Gasteiger partial charge in [-0.2, -0.15) is 0 Å². The van der Waals surface area contributed by atoms with E-state index in [0.717, 1.165) is 25.2 Å². The van der Waals surface area contributed by atoms with Gasteiger partial charge in [0.05, 0.1) is 11.3 Å². The predicted octanol–water partition coefficient (Wildman–Crippen LogP) is 1.86. The van der Waals surface area contributed by atoms with Gasteiger partial charge in [-0.15, -0.1) is 0 Å². The van der Waals surface area contributed by atoms with E-state index in [9.17, 15) is 14.7 Å². The highest BCUT2D eigenvalue weighted by Gasteiger charge is 2.21. The number of benzene rings is 1. The van der Waals surface area contributed by atoms with E-state index in [1.54, 1.807) is 23.1 Å². The number of nitrogens with one attached hydrogen (secondary N) is 1. The molecule has 0 bridgehead atoms. The molecule has 114 valence electrons. The number of aryl methyl sites for hydroxylation is 1. The summed E-state index contributed by atoms with van der Waals surface area (Å²) in [4.78, 5) is 27.5. The van der Waals surface area contributed by atoms with Crippen LogP contribution in [0.2, 0.25) is 0 Å². The zero-order valence-electron chi connectivity index (χ0n) is 12.4. The van der Waals surface area contributed by atoms with Crippen LogP contribution in [0.15, 0.2) is 18.2 Å². The zero-order valence-corrected chi connectivity index (χ0v) is 12.4. The third-order valence-electron chi connectivity index (χ3n) is 3.75. The van der Waals surface area contributed by atoms with Crippen molar-refractivity contribution in [2.24, 2.45) is 0 Å². The number of carbonyl (C=O) groups is 2. The van der Waals surface area contributed by atoms with Crippen LogP contribution in [0.5, 0.6) is 0 Å². The van der Waals surface area contributed by atoms with E-state index in [0.29, 0.717) is 18.8 Å². The lowest BCUT2D eigenvalue weighted by Gasteiger charge is -2.34. The molecule has 6 heteroatoms. The number of rotatable bonds is 3. The number of carbonyl (C=O) groups excluding carboxylic acids is 1. The fraction of sp³-hybridized carbons (Fsp3) is 0.467. The van der Waals surface area contributed by atoms with Crippen LogP contribution in [0.4, 0.5) is 10.5 Å². The number of carboxylic acids is 1. The molecule has 0 aromatic heterocycles. The number of aromatic carboxylic acids is 1. The standard InChI is InChI=1S/C15H21N3O3/c1-3-17-6-8-18(9-7-17)15(21)16-13-5-4-11(2)10-12(13)14(19)20/h4-5,10H,3,6-9H2,1-2H3,(H,16,21)(H,19,20). The second kappa shape index (κ2) is 6.58. The fourth-order valence-electron chi connectivity index (χ4n) is 2.41. The van der Waals surface area contributed by atoms with Crippen molar-refractivity contribution in [1.82, 2.24) is 9.80 Å². The van der Waals surface area contributed by atoms with Crippen LogP contribution >= 0.6 is 0 Å². The Balaban J connectivity index is 2.05. The van der Waals surface area contributed by atoms with Crippen LogP contribution in [0, 0.1) is 6.92 Å². The Hall–Kier alpha value is -2.08. The first-order valence-electron chi connectivity index (χ1n) is 7.13. The maximum atomic E-state index is 12.2. The average molecular weight is 291 g/mol. The van der Waals surface area contributed by atoms with E-state index in [-0.39, 0.29) is 11.6 Å². The maximum Gasteiger partial charge on any atom is 0.337 e. The molecule has 2 amide bonds. The second-order valence-electron chi connectivity index (χ2n) is 5.21. The fourth-order valence-corrected chi connectivity index (χ4v) is 2.41. The van der Waals surface area contributed by atoms with E-state index >= 15 is 0 Å². The number of urea groups is 1. The van der Waals surface area contributed by atoms with Crippen molar-refractivity contribution >= 4 is 17.7 Å². The molecule has 1 saturated heterocycles. The quantitative estimate of drug-likeness (QED) is 0.891. The minimum Gasteiger partial charge on any atom is -0.478 e. The highest BCUT2D eigenvalue weighted by molar-refractivity contribution is 6.00. The summed E-state index contributed by atoms with van der Waals surface area (Å²) in [5, 5.41) is 11.9. The number of nitrogens with zero attached hydrogens (tertiary/aromatic N) is 2. The summed E-state index contributed by atoms with van der Waals surface area (Å²) in [7, 11) is 0. The Labute approximate surface area is 124 Å². The first-order valence-corrected chi connectivity index (χ1v) is 7.13. The molecule has 1 aliphatic heterocycles. The molecular weight excluding hydrogens is 270 g/mol. The van der Waals surface area contributed by atoms with Gasteiger partial charge in [0.2, 0.25) is 0 Å². The summed E-state index contributed by atoms with van der Waals surface area (Å²) in [5.74, 6) is -1.04. The molecule has 1 aromatic carbocycles. The monoisotopic (exact) mass is 291 g/mol. The van der Waals surface area contributed by atoms with Gasteiger partial charge < -0.3 is 20.2 Å². The Bertz CT molecular complexity index is 537. The van der Waals surface area contributed by atoms with Gasteiger partial charge in [-0.25, -0.2) is 9.59 Å². The molecule has 0 spiro atoms. The van der Waals surface area contributed by atoms with E-state index in [4.69, 9.17) is 0 Å². The van der Waals surface area contributed by atoms with Gasteiger partial charge in [-0.3, -0.25) is 0 Å². The van der Waals surface area contributed by atoms with Crippen LogP contribution in [0.3, 0.4) is 0 Å². The Morgan fingerprint density at radius 2 is 1.90 bits per heavy atom. The molecule has 21 heavy (non-hydrogen) atoms. The van der Waals surface area contributed by atoms with E-state index < -0.39 is 5.97 Å². The second-order valence-corrected chi connectivity index (χ2v) is 5.21. The molecule has 1 fully saturated rings. The Morgan fingerprint density at radius 1 is 1.24 bits per heavy atom. The molecule has 0 saturated carbocycles. The Kier molecular flexibility index (Phi) is 4.80. The summed E-state index contributed by atoms with van der Waals surface area (Å²) in [6.45, 7) is 7.93. The highest BCUT2D eigenvalue weighted by Crippen LogP contribution is 2.18. The summed E-state index contributed by atoms with van der Waals surface area (Å²) < 4.78 is 0. The molecule has 0 atom stereocenters. The molecule has 2 rings (SSSR count). The van der Waals surface area contributed by atoms with Crippen LogP contribution in [-0.2, 0) is 0 Å². The van der Waals surface area contributed by atoms with Crippen molar-refractivity contribution < 1.29 is 14.7 Å². The molecule has 0 unspecified atom stereocenters. The van der Waals surface area contributed by atoms with Gasteiger partial charge >= 0.3 is 12.0 Å². The lowest BCUT2D eigenvalue weighted by molar-refractivity contribution is 0.0698. The van der Waals surface area contributed by atoms with Gasteiger partial charge in [-0.05, 0) is 25.6 Å². The summed E-state index contributed by atoms with van der Waals surface area (Å²) in [5.41, 5.74) is 1.31. The minimum absolute atomic E-state index is 0.121. The SMILES string of the molecule is CCN1CCN(C(=O)Nc2ccc(C)cc2C(=O)O)CC1. The van der Waals surface area contributed by atoms with Gasteiger partial charge in [-0.1, -0.05) is 18.6 Å². The van der Waals surface area contributed by atoms with Crippen molar-refractivity contribution in [2.45, 2.75) is 13.8 Å².